The summed E-state index contributed by atoms with van der Waals surface area (Å²) in [6.07, 6.45) is -2.98. The molecular weight excluding hydrogens is 410 g/mol. The quantitative estimate of drug-likeness (QED) is 0.289. The Morgan fingerprint density at radius 3 is 2.30 bits per heavy atom. The van der Waals surface area contributed by atoms with Crippen LogP contribution in [0.25, 0.3) is 0 Å². The summed E-state index contributed by atoms with van der Waals surface area (Å²) in [4.78, 5) is 4.46. The van der Waals surface area contributed by atoms with Crippen molar-refractivity contribution in [3.05, 3.63) is 112 Å². The number of hydrogen-bond acceptors (Lipinski definition) is 2. The maximum absolute atomic E-state index is 14.5. The molecule has 0 aromatic heterocycles. The van der Waals surface area contributed by atoms with Gasteiger partial charge in [-0.1, -0.05) is 48.0 Å². The van der Waals surface area contributed by atoms with Gasteiger partial charge in [-0.2, -0.15) is 13.2 Å². The topological polar surface area (TPSA) is 12.4 Å². The number of thioether (sulfide) groups is 1. The van der Waals surface area contributed by atoms with Crippen LogP contribution in [0.4, 0.5) is 23.2 Å². The molecule has 6 heteroatoms. The van der Waals surface area contributed by atoms with Gasteiger partial charge in [0.15, 0.2) is 0 Å². The first-order valence-corrected chi connectivity index (χ1v) is 10.2. The Morgan fingerprint density at radius 2 is 1.67 bits per heavy atom. The number of nitrogens with zero attached hydrogens (tertiary/aromatic N) is 1. The molecule has 0 amide bonds. The second-order valence-electron chi connectivity index (χ2n) is 6.62. The van der Waals surface area contributed by atoms with Crippen LogP contribution in [0, 0.1) is 12.7 Å². The van der Waals surface area contributed by atoms with E-state index in [1.54, 1.807) is 23.6 Å². The highest BCUT2D eigenvalue weighted by Crippen LogP contribution is 2.31. The Kier molecular flexibility index (Phi) is 7.11. The van der Waals surface area contributed by atoms with E-state index in [2.05, 4.69) is 4.99 Å². The number of benzene rings is 3. The number of aliphatic imine (C=N–C) groups is 1. The van der Waals surface area contributed by atoms with E-state index < -0.39 is 17.6 Å². The van der Waals surface area contributed by atoms with E-state index in [9.17, 15) is 17.6 Å². The SMILES string of the molecule is Cc1ccc(N=C(C=CSCc2ccccc2)c2ccc(C(F)(F)F)cc2F)cc1. The fraction of sp³-hybridized carbons (Fsp3) is 0.125. The van der Waals surface area contributed by atoms with Gasteiger partial charge in [-0.3, -0.25) is 0 Å². The van der Waals surface area contributed by atoms with Crippen molar-refractivity contribution in [2.24, 2.45) is 4.99 Å². The van der Waals surface area contributed by atoms with E-state index in [-0.39, 0.29) is 11.3 Å². The van der Waals surface area contributed by atoms with Crippen molar-refractivity contribution in [2.75, 3.05) is 0 Å². The fourth-order valence-corrected chi connectivity index (χ4v) is 3.38. The molecule has 3 aromatic rings. The molecule has 0 N–H and O–H groups in total. The number of aryl methyl sites for hydroxylation is 1. The molecule has 0 bridgehead atoms. The zero-order chi connectivity index (χ0) is 21.6. The fourth-order valence-electron chi connectivity index (χ4n) is 2.68. The molecule has 0 saturated heterocycles. The molecule has 0 fully saturated rings. The average molecular weight is 429 g/mol. The van der Waals surface area contributed by atoms with Crippen LogP contribution >= 0.6 is 11.8 Å². The molecule has 0 unspecified atom stereocenters. The minimum Gasteiger partial charge on any atom is -0.248 e. The van der Waals surface area contributed by atoms with Gasteiger partial charge in [-0.15, -0.1) is 11.8 Å². The first kappa shape index (κ1) is 21.8. The standard InChI is InChI=1S/C24H19F4NS/c1-17-7-10-20(11-8-17)29-23(13-14-30-16-18-5-3-2-4-6-18)21-12-9-19(15-22(21)25)24(26,27)28/h2-15H,16H2,1H3. The normalized spacial score (nSPS) is 12.5. The molecule has 0 aliphatic carbocycles. The third kappa shape index (κ3) is 6.07. The lowest BCUT2D eigenvalue weighted by atomic mass is 10.1. The molecule has 30 heavy (non-hydrogen) atoms. The van der Waals surface area contributed by atoms with Gasteiger partial charge in [-0.25, -0.2) is 9.38 Å². The molecule has 0 spiro atoms. The van der Waals surface area contributed by atoms with E-state index in [1.165, 1.54) is 11.8 Å². The molecule has 154 valence electrons. The average Bonchev–Trinajstić information content (AvgIpc) is 2.72. The third-order valence-electron chi connectivity index (χ3n) is 4.27. The molecule has 0 radical (unpaired) electrons. The van der Waals surface area contributed by atoms with E-state index in [1.807, 2.05) is 49.4 Å². The lowest BCUT2D eigenvalue weighted by Gasteiger charge is -2.10. The molecule has 0 atom stereocenters. The van der Waals surface area contributed by atoms with Gasteiger partial charge in [0.2, 0.25) is 0 Å². The molecule has 3 rings (SSSR count). The summed E-state index contributed by atoms with van der Waals surface area (Å²) in [5.74, 6) is -0.252. The Bertz CT molecular complexity index is 1040. The number of hydrogen-bond donors (Lipinski definition) is 0. The van der Waals surface area contributed by atoms with Gasteiger partial charge in [0.05, 0.1) is 17.0 Å². The molecule has 0 aliphatic heterocycles. The maximum atomic E-state index is 14.5. The van der Waals surface area contributed by atoms with Crippen LogP contribution in [0.5, 0.6) is 0 Å². The monoisotopic (exact) mass is 429 g/mol. The zero-order valence-electron chi connectivity index (χ0n) is 16.2. The van der Waals surface area contributed by atoms with Crippen molar-refractivity contribution in [2.45, 2.75) is 18.9 Å². The molecule has 0 heterocycles. The summed E-state index contributed by atoms with van der Waals surface area (Å²) in [6.45, 7) is 1.93. The Labute approximate surface area is 177 Å². The van der Waals surface area contributed by atoms with Crippen LogP contribution in [0.3, 0.4) is 0 Å². The van der Waals surface area contributed by atoms with Crippen molar-refractivity contribution >= 4 is 23.2 Å². The predicted molar refractivity (Wildman–Crippen MR) is 116 cm³/mol. The zero-order valence-corrected chi connectivity index (χ0v) is 17.0. The lowest BCUT2D eigenvalue weighted by molar-refractivity contribution is -0.137. The van der Waals surface area contributed by atoms with Crippen LogP contribution in [0.1, 0.15) is 22.3 Å². The van der Waals surface area contributed by atoms with Crippen molar-refractivity contribution in [1.82, 2.24) is 0 Å². The Hall–Kier alpha value is -2.86. The van der Waals surface area contributed by atoms with Gasteiger partial charge in [0, 0.05) is 11.3 Å². The summed E-state index contributed by atoms with van der Waals surface area (Å²) in [5.41, 5.74) is 2.01. The van der Waals surface area contributed by atoms with Crippen molar-refractivity contribution in [1.29, 1.82) is 0 Å². The number of halogens is 4. The Morgan fingerprint density at radius 1 is 0.967 bits per heavy atom. The highest BCUT2D eigenvalue weighted by Gasteiger charge is 2.31. The molecular formula is C24H19F4NS. The van der Waals surface area contributed by atoms with Gasteiger partial charge in [0.25, 0.3) is 0 Å². The first-order valence-electron chi connectivity index (χ1n) is 9.17. The lowest BCUT2D eigenvalue weighted by Crippen LogP contribution is -2.08. The van der Waals surface area contributed by atoms with Gasteiger partial charge in [0.1, 0.15) is 5.82 Å². The van der Waals surface area contributed by atoms with Crippen molar-refractivity contribution in [3.8, 4) is 0 Å². The van der Waals surface area contributed by atoms with Crippen LogP contribution in [-0.2, 0) is 11.9 Å². The molecule has 0 saturated carbocycles. The molecule has 3 aromatic carbocycles. The summed E-state index contributed by atoms with van der Waals surface area (Å²) < 4.78 is 53.2. The maximum Gasteiger partial charge on any atom is 0.416 e. The van der Waals surface area contributed by atoms with E-state index in [4.69, 9.17) is 0 Å². The second-order valence-corrected chi connectivity index (χ2v) is 7.52. The second kappa shape index (κ2) is 9.76. The minimum absolute atomic E-state index is 0.0140. The van der Waals surface area contributed by atoms with E-state index in [0.717, 1.165) is 23.3 Å². The largest absolute Gasteiger partial charge is 0.416 e. The summed E-state index contributed by atoms with van der Waals surface area (Å²) in [6, 6.07) is 19.6. The van der Waals surface area contributed by atoms with Gasteiger partial charge < -0.3 is 0 Å². The van der Waals surface area contributed by atoms with Crippen molar-refractivity contribution < 1.29 is 17.6 Å². The number of allylic oxidation sites excluding steroid dienone is 1. The minimum atomic E-state index is -4.60. The van der Waals surface area contributed by atoms with Crippen LogP contribution in [0.15, 0.2) is 89.3 Å². The van der Waals surface area contributed by atoms with Crippen LogP contribution < -0.4 is 0 Å². The van der Waals surface area contributed by atoms with Crippen LogP contribution in [-0.4, -0.2) is 5.71 Å². The van der Waals surface area contributed by atoms with E-state index >= 15 is 0 Å². The van der Waals surface area contributed by atoms with Crippen molar-refractivity contribution in [3.63, 3.8) is 0 Å². The summed E-state index contributed by atoms with van der Waals surface area (Å²) in [7, 11) is 0. The summed E-state index contributed by atoms with van der Waals surface area (Å²) in [5, 5.41) is 1.77. The first-order chi connectivity index (χ1) is 14.3. The predicted octanol–water partition coefficient (Wildman–Crippen LogP) is 7.72. The smallest absolute Gasteiger partial charge is 0.248 e. The molecule has 1 nitrogen and oxygen atoms in total. The van der Waals surface area contributed by atoms with Gasteiger partial charge >= 0.3 is 6.18 Å². The highest BCUT2D eigenvalue weighted by atomic mass is 32.2. The van der Waals surface area contributed by atoms with Gasteiger partial charge in [-0.05, 0) is 54.3 Å². The number of rotatable bonds is 6. The highest BCUT2D eigenvalue weighted by molar-refractivity contribution is 8.01. The number of alkyl halides is 3. The van der Waals surface area contributed by atoms with E-state index in [0.29, 0.717) is 17.5 Å². The third-order valence-corrected chi connectivity index (χ3v) is 5.10. The van der Waals surface area contributed by atoms with Crippen LogP contribution in [0.2, 0.25) is 0 Å². The summed E-state index contributed by atoms with van der Waals surface area (Å²) >= 11 is 1.49. The Balaban J connectivity index is 1.89. The molecule has 0 aliphatic rings.